The number of hydrogen-bond donors (Lipinski definition) is 2. The van der Waals surface area contributed by atoms with Crippen LogP contribution in [0.2, 0.25) is 0 Å². The molecule has 0 unspecified atom stereocenters. The van der Waals surface area contributed by atoms with Crippen LogP contribution in [-0.4, -0.2) is 16.2 Å². The van der Waals surface area contributed by atoms with Crippen LogP contribution in [-0.2, 0) is 6.61 Å². The molecule has 98 valence electrons. The number of phenols is 1. The van der Waals surface area contributed by atoms with E-state index in [-0.39, 0.29) is 17.9 Å². The second-order valence-corrected chi connectivity index (χ2v) is 4.26. The molecule has 2 rings (SSSR count). The number of carboxylic acid groups (broad SMARTS) is 1. The van der Waals surface area contributed by atoms with Crippen LogP contribution in [0.15, 0.2) is 42.5 Å². The van der Waals surface area contributed by atoms with E-state index in [9.17, 15) is 9.90 Å². The van der Waals surface area contributed by atoms with Crippen molar-refractivity contribution in [2.24, 2.45) is 0 Å². The highest BCUT2D eigenvalue weighted by Gasteiger charge is 2.11. The Bertz CT molecular complexity index is 588. The summed E-state index contributed by atoms with van der Waals surface area (Å²) in [6, 6.07) is 11.5. The molecule has 19 heavy (non-hydrogen) atoms. The largest absolute Gasteiger partial charge is 0.508 e. The summed E-state index contributed by atoms with van der Waals surface area (Å²) in [5.74, 6) is -0.480. The number of rotatable bonds is 4. The van der Waals surface area contributed by atoms with Crippen molar-refractivity contribution < 1.29 is 19.7 Å². The van der Waals surface area contributed by atoms with Gasteiger partial charge >= 0.3 is 5.97 Å². The molecule has 0 atom stereocenters. The average molecular weight is 258 g/mol. The molecule has 0 fully saturated rings. The summed E-state index contributed by atoms with van der Waals surface area (Å²) in [5.41, 5.74) is 1.94. The van der Waals surface area contributed by atoms with Crippen LogP contribution in [0.3, 0.4) is 0 Å². The van der Waals surface area contributed by atoms with E-state index in [1.54, 1.807) is 36.4 Å². The minimum atomic E-state index is -1.01. The van der Waals surface area contributed by atoms with Gasteiger partial charge in [0.1, 0.15) is 23.7 Å². The van der Waals surface area contributed by atoms with Gasteiger partial charge in [-0.2, -0.15) is 0 Å². The Labute approximate surface area is 110 Å². The lowest BCUT2D eigenvalue weighted by Gasteiger charge is -2.10. The number of aromatic hydroxyl groups is 1. The van der Waals surface area contributed by atoms with Gasteiger partial charge in [0.25, 0.3) is 0 Å². The van der Waals surface area contributed by atoms with Crippen molar-refractivity contribution in [3.8, 4) is 11.5 Å². The van der Waals surface area contributed by atoms with E-state index in [1.807, 2.05) is 6.92 Å². The van der Waals surface area contributed by atoms with Crippen molar-refractivity contribution in [3.05, 3.63) is 59.2 Å². The van der Waals surface area contributed by atoms with Gasteiger partial charge in [0.2, 0.25) is 0 Å². The number of hydrogen-bond acceptors (Lipinski definition) is 3. The lowest BCUT2D eigenvalue weighted by Crippen LogP contribution is -2.03. The maximum atomic E-state index is 11.1. The summed E-state index contributed by atoms with van der Waals surface area (Å²) in [7, 11) is 0. The van der Waals surface area contributed by atoms with E-state index in [4.69, 9.17) is 9.84 Å². The quantitative estimate of drug-likeness (QED) is 0.884. The predicted octanol–water partition coefficient (Wildman–Crippen LogP) is 2.98. The maximum absolute atomic E-state index is 11.1. The molecule has 0 bridgehead atoms. The minimum absolute atomic E-state index is 0.143. The maximum Gasteiger partial charge on any atom is 0.339 e. The Morgan fingerprint density at radius 2 is 1.84 bits per heavy atom. The zero-order valence-corrected chi connectivity index (χ0v) is 10.5. The Balaban J connectivity index is 2.16. The fourth-order valence-corrected chi connectivity index (χ4v) is 1.68. The number of carboxylic acids is 1. The summed E-state index contributed by atoms with van der Waals surface area (Å²) in [5, 5.41) is 18.3. The van der Waals surface area contributed by atoms with Gasteiger partial charge in [-0.3, -0.25) is 0 Å². The summed E-state index contributed by atoms with van der Waals surface area (Å²) in [6.07, 6.45) is 0. The van der Waals surface area contributed by atoms with Crippen molar-refractivity contribution in [3.63, 3.8) is 0 Å². The zero-order valence-electron chi connectivity index (χ0n) is 10.5. The highest BCUT2D eigenvalue weighted by molar-refractivity contribution is 5.90. The van der Waals surface area contributed by atoms with E-state index in [1.165, 1.54) is 6.07 Å². The van der Waals surface area contributed by atoms with Gasteiger partial charge in [0.05, 0.1) is 0 Å². The van der Waals surface area contributed by atoms with Gasteiger partial charge in [-0.25, -0.2) is 4.79 Å². The van der Waals surface area contributed by atoms with Gasteiger partial charge in [0.15, 0.2) is 0 Å². The van der Waals surface area contributed by atoms with E-state index in [2.05, 4.69) is 0 Å². The molecule has 0 amide bonds. The van der Waals surface area contributed by atoms with Crippen LogP contribution in [0.5, 0.6) is 11.5 Å². The Morgan fingerprint density at radius 1 is 1.16 bits per heavy atom. The first-order valence-electron chi connectivity index (χ1n) is 5.81. The molecule has 0 aromatic heterocycles. The number of aromatic carboxylic acids is 1. The van der Waals surface area contributed by atoms with Crippen molar-refractivity contribution in [1.82, 2.24) is 0 Å². The van der Waals surface area contributed by atoms with Crippen LogP contribution in [0, 0.1) is 6.92 Å². The Morgan fingerprint density at radius 3 is 2.47 bits per heavy atom. The molecule has 0 saturated heterocycles. The van der Waals surface area contributed by atoms with Crippen molar-refractivity contribution in [2.75, 3.05) is 0 Å². The standard InChI is InChI=1S/C15H14O4/c1-10-2-7-13(15(17)18)14(8-10)19-9-11-3-5-12(16)6-4-11/h2-8,16H,9H2,1H3,(H,17,18). The first-order chi connectivity index (χ1) is 9.06. The third-order valence-electron chi connectivity index (χ3n) is 2.70. The third kappa shape index (κ3) is 3.25. The fraction of sp³-hybridized carbons (Fsp3) is 0.133. The minimum Gasteiger partial charge on any atom is -0.508 e. The highest BCUT2D eigenvalue weighted by Crippen LogP contribution is 2.22. The monoisotopic (exact) mass is 258 g/mol. The molecule has 2 aromatic rings. The number of carbonyl (C=O) groups is 1. The number of ether oxygens (including phenoxy) is 1. The van der Waals surface area contributed by atoms with Crippen LogP contribution in [0.25, 0.3) is 0 Å². The molecule has 4 heteroatoms. The normalized spacial score (nSPS) is 10.2. The molecular weight excluding hydrogens is 244 g/mol. The molecule has 0 aliphatic rings. The molecule has 0 heterocycles. The molecular formula is C15H14O4. The van der Waals surface area contributed by atoms with Crippen molar-refractivity contribution in [2.45, 2.75) is 13.5 Å². The van der Waals surface area contributed by atoms with Crippen LogP contribution in [0.4, 0.5) is 0 Å². The van der Waals surface area contributed by atoms with Gasteiger partial charge in [-0.05, 0) is 42.3 Å². The molecule has 0 spiro atoms. The Hall–Kier alpha value is -2.49. The molecule has 0 saturated carbocycles. The van der Waals surface area contributed by atoms with Gasteiger partial charge in [-0.15, -0.1) is 0 Å². The van der Waals surface area contributed by atoms with Crippen LogP contribution >= 0.6 is 0 Å². The summed E-state index contributed by atoms with van der Waals surface area (Å²) < 4.78 is 5.54. The third-order valence-corrected chi connectivity index (χ3v) is 2.70. The first kappa shape index (κ1) is 13.0. The summed E-state index contributed by atoms with van der Waals surface area (Å²) in [6.45, 7) is 2.13. The van der Waals surface area contributed by atoms with E-state index >= 15 is 0 Å². The molecule has 2 N–H and O–H groups in total. The number of aryl methyl sites for hydroxylation is 1. The topological polar surface area (TPSA) is 66.8 Å². The second kappa shape index (κ2) is 5.44. The fourth-order valence-electron chi connectivity index (χ4n) is 1.68. The SMILES string of the molecule is Cc1ccc(C(=O)O)c(OCc2ccc(O)cc2)c1. The average Bonchev–Trinajstić information content (AvgIpc) is 2.38. The van der Waals surface area contributed by atoms with Crippen molar-refractivity contribution in [1.29, 1.82) is 0 Å². The lowest BCUT2D eigenvalue weighted by molar-refractivity contribution is 0.0691. The Kier molecular flexibility index (Phi) is 3.71. The summed E-state index contributed by atoms with van der Waals surface area (Å²) in [4.78, 5) is 11.1. The van der Waals surface area contributed by atoms with Crippen LogP contribution < -0.4 is 4.74 Å². The highest BCUT2D eigenvalue weighted by atomic mass is 16.5. The molecule has 2 aromatic carbocycles. The molecule has 0 aliphatic carbocycles. The second-order valence-electron chi connectivity index (χ2n) is 4.26. The molecule has 0 aliphatic heterocycles. The molecule has 4 nitrogen and oxygen atoms in total. The van der Waals surface area contributed by atoms with E-state index in [0.29, 0.717) is 5.75 Å². The summed E-state index contributed by atoms with van der Waals surface area (Å²) >= 11 is 0. The number of benzene rings is 2. The van der Waals surface area contributed by atoms with Gasteiger partial charge in [0, 0.05) is 0 Å². The smallest absolute Gasteiger partial charge is 0.339 e. The predicted molar refractivity (Wildman–Crippen MR) is 70.6 cm³/mol. The molecule has 0 radical (unpaired) electrons. The van der Waals surface area contributed by atoms with Gasteiger partial charge in [-0.1, -0.05) is 18.2 Å². The first-order valence-corrected chi connectivity index (χ1v) is 5.81. The van der Waals surface area contributed by atoms with E-state index < -0.39 is 5.97 Å². The van der Waals surface area contributed by atoms with Gasteiger partial charge < -0.3 is 14.9 Å². The van der Waals surface area contributed by atoms with E-state index in [0.717, 1.165) is 11.1 Å². The van der Waals surface area contributed by atoms with Crippen molar-refractivity contribution >= 4 is 5.97 Å². The lowest BCUT2D eigenvalue weighted by atomic mass is 10.1. The van der Waals surface area contributed by atoms with Crippen LogP contribution in [0.1, 0.15) is 21.5 Å². The zero-order chi connectivity index (χ0) is 13.8. The number of phenolic OH excluding ortho intramolecular Hbond substituents is 1.